The number of hydrogen-bond acceptors (Lipinski definition) is 2. The Morgan fingerprint density at radius 1 is 1.13 bits per heavy atom. The summed E-state index contributed by atoms with van der Waals surface area (Å²) in [4.78, 5) is 13.1. The fourth-order valence-corrected chi connectivity index (χ4v) is 2.30. The zero-order valence-electron chi connectivity index (χ0n) is 10.5. The van der Waals surface area contributed by atoms with Gasteiger partial charge in [0.1, 0.15) is 0 Å². The van der Waals surface area contributed by atoms with E-state index >= 15 is 0 Å². The van der Waals surface area contributed by atoms with Gasteiger partial charge < -0.3 is 10.0 Å². The summed E-state index contributed by atoms with van der Waals surface area (Å²) in [5.41, 5.74) is 0. The van der Waals surface area contributed by atoms with Crippen molar-refractivity contribution in [1.82, 2.24) is 4.90 Å². The molecule has 0 amide bonds. The van der Waals surface area contributed by atoms with Crippen LogP contribution < -0.4 is 0 Å². The molecule has 0 rings (SSSR count). The van der Waals surface area contributed by atoms with Crippen molar-refractivity contribution in [2.24, 2.45) is 5.92 Å². The zero-order valence-corrected chi connectivity index (χ0v) is 10.5. The Labute approximate surface area is 93.5 Å². The maximum absolute atomic E-state index is 10.9. The average molecular weight is 215 g/mol. The van der Waals surface area contributed by atoms with Crippen LogP contribution in [0.25, 0.3) is 0 Å². The highest BCUT2D eigenvalue weighted by atomic mass is 16.4. The molecule has 0 spiro atoms. The van der Waals surface area contributed by atoms with Crippen molar-refractivity contribution in [2.45, 2.75) is 53.0 Å². The number of aliphatic carboxylic acids is 1. The summed E-state index contributed by atoms with van der Waals surface area (Å²) in [5, 5.41) is 8.94. The van der Waals surface area contributed by atoms with Crippen LogP contribution in [0.5, 0.6) is 0 Å². The monoisotopic (exact) mass is 215 g/mol. The molecule has 15 heavy (non-hydrogen) atoms. The van der Waals surface area contributed by atoms with E-state index in [1.54, 1.807) is 0 Å². The predicted molar refractivity (Wildman–Crippen MR) is 63.0 cm³/mol. The Morgan fingerprint density at radius 3 is 1.87 bits per heavy atom. The van der Waals surface area contributed by atoms with Crippen LogP contribution in [0, 0.1) is 5.92 Å². The summed E-state index contributed by atoms with van der Waals surface area (Å²) >= 11 is 0. The lowest BCUT2D eigenvalue weighted by Gasteiger charge is -2.34. The smallest absolute Gasteiger partial charge is 0.304 e. The second kappa shape index (κ2) is 7.69. The summed E-state index contributed by atoms with van der Waals surface area (Å²) in [6.07, 6.45) is 2.39. The van der Waals surface area contributed by atoms with Crippen LogP contribution >= 0.6 is 0 Å². The Kier molecular flexibility index (Phi) is 7.39. The van der Waals surface area contributed by atoms with Gasteiger partial charge in [-0.2, -0.15) is 0 Å². The molecule has 0 fully saturated rings. The molecule has 90 valence electrons. The van der Waals surface area contributed by atoms with Crippen molar-refractivity contribution >= 4 is 5.97 Å². The lowest BCUT2D eigenvalue weighted by atomic mass is 9.90. The molecule has 0 aromatic heterocycles. The number of rotatable bonds is 8. The van der Waals surface area contributed by atoms with Gasteiger partial charge in [0.15, 0.2) is 0 Å². The van der Waals surface area contributed by atoms with Crippen molar-refractivity contribution in [1.29, 1.82) is 0 Å². The minimum Gasteiger partial charge on any atom is -0.481 e. The summed E-state index contributed by atoms with van der Waals surface area (Å²) in [6.45, 7) is 10.4. The molecule has 1 atom stereocenters. The molecule has 1 N–H and O–H groups in total. The highest BCUT2D eigenvalue weighted by Gasteiger charge is 2.25. The van der Waals surface area contributed by atoms with Gasteiger partial charge in [0, 0.05) is 6.04 Å². The molecule has 0 heterocycles. The van der Waals surface area contributed by atoms with Crippen LogP contribution in [0.4, 0.5) is 0 Å². The van der Waals surface area contributed by atoms with Crippen molar-refractivity contribution in [3.05, 3.63) is 0 Å². The maximum Gasteiger partial charge on any atom is 0.304 e. The van der Waals surface area contributed by atoms with Crippen molar-refractivity contribution < 1.29 is 9.90 Å². The zero-order chi connectivity index (χ0) is 11.8. The maximum atomic E-state index is 10.9. The summed E-state index contributed by atoms with van der Waals surface area (Å²) in [5.74, 6) is -0.181. The molecule has 0 aromatic carbocycles. The first-order valence-corrected chi connectivity index (χ1v) is 6.06. The molecule has 0 aliphatic heterocycles. The van der Waals surface area contributed by atoms with Gasteiger partial charge in [-0.15, -0.1) is 0 Å². The fourth-order valence-electron chi connectivity index (χ4n) is 2.30. The summed E-state index contributed by atoms with van der Waals surface area (Å²) in [7, 11) is 0. The summed E-state index contributed by atoms with van der Waals surface area (Å²) in [6, 6.07) is 0.201. The topological polar surface area (TPSA) is 40.5 Å². The first kappa shape index (κ1) is 14.4. The molecule has 0 saturated carbocycles. The Hall–Kier alpha value is -0.570. The minimum absolute atomic E-state index is 0.201. The normalized spacial score (nSPS) is 13.5. The minimum atomic E-state index is -0.682. The second-order valence-corrected chi connectivity index (χ2v) is 3.96. The third kappa shape index (κ3) is 4.65. The van der Waals surface area contributed by atoms with Gasteiger partial charge in [-0.25, -0.2) is 0 Å². The molecular formula is C12H25NO2. The van der Waals surface area contributed by atoms with E-state index < -0.39 is 5.97 Å². The number of hydrogen-bond donors (Lipinski definition) is 1. The number of carboxylic acid groups (broad SMARTS) is 1. The van der Waals surface area contributed by atoms with Crippen LogP contribution in [-0.2, 0) is 4.79 Å². The number of nitrogens with zero attached hydrogens (tertiary/aromatic N) is 1. The van der Waals surface area contributed by atoms with E-state index in [-0.39, 0.29) is 12.5 Å². The van der Waals surface area contributed by atoms with Crippen molar-refractivity contribution in [2.75, 3.05) is 13.1 Å². The highest BCUT2D eigenvalue weighted by molar-refractivity contribution is 5.67. The molecule has 3 heteroatoms. The molecular weight excluding hydrogens is 190 g/mol. The van der Waals surface area contributed by atoms with Gasteiger partial charge in [0.2, 0.25) is 0 Å². The largest absolute Gasteiger partial charge is 0.481 e. The quantitative estimate of drug-likeness (QED) is 0.676. The van der Waals surface area contributed by atoms with E-state index in [4.69, 9.17) is 5.11 Å². The molecule has 0 aliphatic rings. The molecule has 1 unspecified atom stereocenters. The van der Waals surface area contributed by atoms with Gasteiger partial charge in [-0.3, -0.25) is 4.79 Å². The van der Waals surface area contributed by atoms with Gasteiger partial charge in [0.05, 0.1) is 6.42 Å². The number of carboxylic acids is 1. The lowest BCUT2D eigenvalue weighted by Crippen LogP contribution is -2.41. The van der Waals surface area contributed by atoms with E-state index in [9.17, 15) is 4.79 Å². The highest BCUT2D eigenvalue weighted by Crippen LogP contribution is 2.21. The van der Waals surface area contributed by atoms with Crippen LogP contribution in [0.2, 0.25) is 0 Å². The van der Waals surface area contributed by atoms with E-state index in [1.165, 1.54) is 0 Å². The van der Waals surface area contributed by atoms with Gasteiger partial charge in [0.25, 0.3) is 0 Å². The Balaban J connectivity index is 4.59. The molecule has 0 aromatic rings. The third-order valence-corrected chi connectivity index (χ3v) is 3.26. The van der Waals surface area contributed by atoms with Crippen molar-refractivity contribution in [3.8, 4) is 0 Å². The van der Waals surface area contributed by atoms with E-state index in [2.05, 4.69) is 32.6 Å². The standard InChI is InChI=1S/C12H25NO2/c1-5-10(6-2)11(9-12(14)15)13(7-3)8-4/h10-11H,5-9H2,1-4H3,(H,14,15). The van der Waals surface area contributed by atoms with Crippen LogP contribution in [0.3, 0.4) is 0 Å². The van der Waals surface area contributed by atoms with E-state index in [0.29, 0.717) is 5.92 Å². The van der Waals surface area contributed by atoms with Gasteiger partial charge in [-0.1, -0.05) is 40.5 Å². The van der Waals surface area contributed by atoms with Crippen LogP contribution in [-0.4, -0.2) is 35.1 Å². The lowest BCUT2D eigenvalue weighted by molar-refractivity contribution is -0.139. The van der Waals surface area contributed by atoms with Crippen LogP contribution in [0.15, 0.2) is 0 Å². The third-order valence-electron chi connectivity index (χ3n) is 3.26. The molecule has 0 radical (unpaired) electrons. The molecule has 0 saturated heterocycles. The molecule has 0 aliphatic carbocycles. The molecule has 0 bridgehead atoms. The van der Waals surface area contributed by atoms with Gasteiger partial charge >= 0.3 is 5.97 Å². The Bertz CT molecular complexity index is 162. The SMILES string of the molecule is CCC(CC)C(CC(=O)O)N(CC)CC. The van der Waals surface area contributed by atoms with Crippen molar-refractivity contribution in [3.63, 3.8) is 0 Å². The summed E-state index contributed by atoms with van der Waals surface area (Å²) < 4.78 is 0. The Morgan fingerprint density at radius 2 is 1.60 bits per heavy atom. The fraction of sp³-hybridized carbons (Fsp3) is 0.917. The van der Waals surface area contributed by atoms with Gasteiger partial charge in [-0.05, 0) is 19.0 Å². The average Bonchev–Trinajstić information content (AvgIpc) is 2.20. The van der Waals surface area contributed by atoms with E-state index in [1.807, 2.05) is 0 Å². The van der Waals surface area contributed by atoms with E-state index in [0.717, 1.165) is 25.9 Å². The number of carbonyl (C=O) groups is 1. The van der Waals surface area contributed by atoms with Crippen LogP contribution in [0.1, 0.15) is 47.0 Å². The first-order valence-electron chi connectivity index (χ1n) is 6.06. The second-order valence-electron chi connectivity index (χ2n) is 3.96. The first-order chi connectivity index (χ1) is 7.10. The predicted octanol–water partition coefficient (Wildman–Crippen LogP) is 2.61. The molecule has 3 nitrogen and oxygen atoms in total.